The van der Waals surface area contributed by atoms with E-state index in [1.54, 1.807) is 6.07 Å². The molecular weight excluding hydrogens is 292 g/mol. The van der Waals surface area contributed by atoms with Crippen molar-refractivity contribution in [2.45, 2.75) is 13.0 Å². The summed E-state index contributed by atoms with van der Waals surface area (Å²) in [5, 5.41) is 0.567. The number of aromatic nitrogens is 2. The van der Waals surface area contributed by atoms with Crippen molar-refractivity contribution in [1.29, 1.82) is 0 Å². The van der Waals surface area contributed by atoms with E-state index in [0.717, 1.165) is 5.52 Å². The van der Waals surface area contributed by atoms with Gasteiger partial charge in [0, 0.05) is 26.1 Å². The molecule has 0 bridgehead atoms. The molecule has 0 radical (unpaired) electrons. The van der Waals surface area contributed by atoms with Gasteiger partial charge in [0.05, 0.1) is 23.8 Å². The first-order valence-corrected chi connectivity index (χ1v) is 7.30. The van der Waals surface area contributed by atoms with E-state index in [9.17, 15) is 4.79 Å². The number of aryl methyl sites for hydroxylation is 1. The predicted octanol–water partition coefficient (Wildman–Crippen LogP) is 1.52. The van der Waals surface area contributed by atoms with Gasteiger partial charge in [-0.2, -0.15) is 0 Å². The highest BCUT2D eigenvalue weighted by atomic mass is 35.5. The van der Waals surface area contributed by atoms with Crippen LogP contribution in [0.5, 0.6) is 0 Å². The molecule has 6 nitrogen and oxygen atoms in total. The molecule has 0 atom stereocenters. The van der Waals surface area contributed by atoms with Crippen molar-refractivity contribution < 1.29 is 9.53 Å². The van der Waals surface area contributed by atoms with E-state index in [1.165, 1.54) is 0 Å². The fourth-order valence-corrected chi connectivity index (χ4v) is 2.76. The molecule has 2 heterocycles. The number of carbonyl (C=O) groups excluding carboxylic acids is 1. The zero-order chi connectivity index (χ0) is 14.8. The van der Waals surface area contributed by atoms with Crippen LogP contribution >= 0.6 is 11.6 Å². The van der Waals surface area contributed by atoms with E-state index in [2.05, 4.69) is 4.98 Å². The zero-order valence-electron chi connectivity index (χ0n) is 11.6. The van der Waals surface area contributed by atoms with Crippen LogP contribution in [0.4, 0.5) is 5.95 Å². The van der Waals surface area contributed by atoms with Crippen LogP contribution in [-0.4, -0.2) is 46.7 Å². The second-order valence-electron chi connectivity index (χ2n) is 4.97. The molecule has 7 heteroatoms. The molecule has 1 aliphatic heterocycles. The van der Waals surface area contributed by atoms with Crippen LogP contribution in [0.15, 0.2) is 18.2 Å². The monoisotopic (exact) mass is 308 g/mol. The molecule has 2 aromatic rings. The Kier molecular flexibility index (Phi) is 3.98. The van der Waals surface area contributed by atoms with Gasteiger partial charge >= 0.3 is 0 Å². The van der Waals surface area contributed by atoms with Crippen molar-refractivity contribution in [3.63, 3.8) is 0 Å². The van der Waals surface area contributed by atoms with Crippen LogP contribution in [-0.2, 0) is 16.1 Å². The summed E-state index contributed by atoms with van der Waals surface area (Å²) in [7, 11) is 0. The van der Waals surface area contributed by atoms with E-state index >= 15 is 0 Å². The number of imidazole rings is 1. The van der Waals surface area contributed by atoms with Crippen molar-refractivity contribution in [3.05, 3.63) is 23.2 Å². The lowest BCUT2D eigenvalue weighted by molar-refractivity contribution is -0.135. The number of morpholine rings is 1. The maximum atomic E-state index is 12.2. The summed E-state index contributed by atoms with van der Waals surface area (Å²) in [5.41, 5.74) is 7.47. The average Bonchev–Trinajstić information content (AvgIpc) is 2.83. The second kappa shape index (κ2) is 5.91. The number of amides is 1. The molecule has 2 N–H and O–H groups in total. The number of halogens is 1. The van der Waals surface area contributed by atoms with Gasteiger partial charge in [-0.15, -0.1) is 0 Å². The highest BCUT2D eigenvalue weighted by Crippen LogP contribution is 2.25. The molecule has 0 spiro atoms. The number of ether oxygens (including phenoxy) is 1. The van der Waals surface area contributed by atoms with Gasteiger partial charge in [0.15, 0.2) is 0 Å². The quantitative estimate of drug-likeness (QED) is 0.933. The van der Waals surface area contributed by atoms with Crippen LogP contribution in [0, 0.1) is 0 Å². The molecule has 1 amide bonds. The lowest BCUT2D eigenvalue weighted by atomic mass is 10.3. The summed E-state index contributed by atoms with van der Waals surface area (Å²) < 4.78 is 7.08. The molecule has 1 aromatic heterocycles. The topological polar surface area (TPSA) is 73.4 Å². The van der Waals surface area contributed by atoms with Crippen molar-refractivity contribution in [2.24, 2.45) is 0 Å². The zero-order valence-corrected chi connectivity index (χ0v) is 12.3. The molecule has 21 heavy (non-hydrogen) atoms. The molecule has 1 aliphatic rings. The van der Waals surface area contributed by atoms with Crippen molar-refractivity contribution in [3.8, 4) is 0 Å². The summed E-state index contributed by atoms with van der Waals surface area (Å²) >= 11 is 6.11. The Morgan fingerprint density at radius 1 is 1.38 bits per heavy atom. The van der Waals surface area contributed by atoms with Gasteiger partial charge in [-0.05, 0) is 12.1 Å². The van der Waals surface area contributed by atoms with Crippen LogP contribution in [0.25, 0.3) is 11.0 Å². The number of nitrogens with two attached hydrogens (primary N) is 1. The summed E-state index contributed by atoms with van der Waals surface area (Å²) in [6, 6.07) is 5.54. The third-order valence-corrected chi connectivity index (χ3v) is 3.98. The van der Waals surface area contributed by atoms with E-state index < -0.39 is 0 Å². The van der Waals surface area contributed by atoms with Gasteiger partial charge in [-0.1, -0.05) is 17.7 Å². The first-order valence-electron chi connectivity index (χ1n) is 6.92. The third kappa shape index (κ3) is 2.82. The Hall–Kier alpha value is -1.79. The fraction of sp³-hybridized carbons (Fsp3) is 0.429. The van der Waals surface area contributed by atoms with Crippen LogP contribution in [0.3, 0.4) is 0 Å². The lowest BCUT2D eigenvalue weighted by Crippen LogP contribution is -2.41. The number of benzene rings is 1. The van der Waals surface area contributed by atoms with Crippen LogP contribution < -0.4 is 5.73 Å². The fourth-order valence-electron chi connectivity index (χ4n) is 2.54. The number of rotatable bonds is 3. The SMILES string of the molecule is Nc1nc2c(Cl)cccc2n1CCC(=O)N1CCOCC1. The van der Waals surface area contributed by atoms with Gasteiger partial charge in [0.1, 0.15) is 5.52 Å². The summed E-state index contributed by atoms with van der Waals surface area (Å²) in [6.45, 7) is 3.03. The van der Waals surface area contributed by atoms with Crippen LogP contribution in [0.1, 0.15) is 6.42 Å². The summed E-state index contributed by atoms with van der Waals surface area (Å²) in [6.07, 6.45) is 0.391. The number of fused-ring (bicyclic) bond motifs is 1. The molecule has 1 saturated heterocycles. The van der Waals surface area contributed by atoms with Gasteiger partial charge in [-0.25, -0.2) is 4.98 Å². The molecule has 3 rings (SSSR count). The maximum Gasteiger partial charge on any atom is 0.224 e. The first-order chi connectivity index (χ1) is 10.2. The van der Waals surface area contributed by atoms with E-state index in [4.69, 9.17) is 22.1 Å². The molecule has 0 saturated carbocycles. The van der Waals surface area contributed by atoms with E-state index in [0.29, 0.717) is 55.8 Å². The summed E-state index contributed by atoms with van der Waals surface area (Å²) in [4.78, 5) is 18.3. The molecule has 1 fully saturated rings. The smallest absolute Gasteiger partial charge is 0.224 e. The minimum absolute atomic E-state index is 0.113. The Morgan fingerprint density at radius 3 is 2.90 bits per heavy atom. The van der Waals surface area contributed by atoms with Gasteiger partial charge in [0.25, 0.3) is 0 Å². The largest absolute Gasteiger partial charge is 0.378 e. The highest BCUT2D eigenvalue weighted by molar-refractivity contribution is 6.35. The Labute approximate surface area is 127 Å². The first kappa shape index (κ1) is 14.2. The Morgan fingerprint density at radius 2 is 2.14 bits per heavy atom. The van der Waals surface area contributed by atoms with Crippen molar-refractivity contribution in [1.82, 2.24) is 14.5 Å². The molecule has 0 aliphatic carbocycles. The molecule has 1 aromatic carbocycles. The normalized spacial score (nSPS) is 15.6. The minimum atomic E-state index is 0.113. The average molecular weight is 309 g/mol. The van der Waals surface area contributed by atoms with Crippen LogP contribution in [0.2, 0.25) is 5.02 Å². The highest BCUT2D eigenvalue weighted by Gasteiger charge is 2.18. The predicted molar refractivity (Wildman–Crippen MR) is 81.2 cm³/mol. The van der Waals surface area contributed by atoms with Gasteiger partial charge < -0.3 is 19.9 Å². The number of carbonyl (C=O) groups is 1. The minimum Gasteiger partial charge on any atom is -0.378 e. The second-order valence-corrected chi connectivity index (χ2v) is 5.38. The maximum absolute atomic E-state index is 12.2. The molecular formula is C14H17ClN4O2. The molecule has 0 unspecified atom stereocenters. The Balaban J connectivity index is 1.74. The number of hydrogen-bond acceptors (Lipinski definition) is 4. The lowest BCUT2D eigenvalue weighted by Gasteiger charge is -2.27. The number of nitrogen functional groups attached to an aromatic ring is 1. The van der Waals surface area contributed by atoms with E-state index in [-0.39, 0.29) is 5.91 Å². The molecule has 112 valence electrons. The third-order valence-electron chi connectivity index (χ3n) is 3.67. The van der Waals surface area contributed by atoms with E-state index in [1.807, 2.05) is 21.6 Å². The van der Waals surface area contributed by atoms with Crippen molar-refractivity contribution >= 4 is 34.5 Å². The number of hydrogen-bond donors (Lipinski definition) is 1. The number of para-hydroxylation sites is 1. The van der Waals surface area contributed by atoms with Crippen molar-refractivity contribution in [2.75, 3.05) is 32.0 Å². The standard InChI is InChI=1S/C14H17ClN4O2/c15-10-2-1-3-11-13(10)17-14(16)19(11)5-4-12(20)18-6-8-21-9-7-18/h1-3H,4-9H2,(H2,16,17). The van der Waals surface area contributed by atoms with Gasteiger partial charge in [-0.3, -0.25) is 4.79 Å². The van der Waals surface area contributed by atoms with Gasteiger partial charge in [0.2, 0.25) is 11.9 Å². The number of anilines is 1. The Bertz CT molecular complexity index is 664. The number of nitrogens with zero attached hydrogens (tertiary/aromatic N) is 3. The summed E-state index contributed by atoms with van der Waals surface area (Å²) in [5.74, 6) is 0.495.